The number of amides is 1. The SMILES string of the molecule is C#Cc1ccccc1N1CC(SC(C)=O)CC1=O. The maximum atomic E-state index is 12.0. The van der Waals surface area contributed by atoms with E-state index in [0.717, 1.165) is 5.69 Å². The van der Waals surface area contributed by atoms with E-state index in [2.05, 4.69) is 5.92 Å². The van der Waals surface area contributed by atoms with Gasteiger partial charge in [-0.3, -0.25) is 9.59 Å². The number of hydrogen-bond donors (Lipinski definition) is 0. The molecule has 1 aromatic rings. The van der Waals surface area contributed by atoms with E-state index in [1.165, 1.54) is 18.7 Å². The number of carbonyl (C=O) groups excluding carboxylic acids is 2. The second-order valence-electron chi connectivity index (χ2n) is 4.10. The molecule has 0 spiro atoms. The Balaban J connectivity index is 2.22. The van der Waals surface area contributed by atoms with Crippen LogP contribution in [0.25, 0.3) is 0 Å². The lowest BCUT2D eigenvalue weighted by molar-refractivity contribution is -0.117. The first-order valence-electron chi connectivity index (χ1n) is 5.65. The van der Waals surface area contributed by atoms with Gasteiger partial charge in [0.25, 0.3) is 0 Å². The molecule has 1 atom stereocenters. The van der Waals surface area contributed by atoms with Crippen molar-refractivity contribution in [2.24, 2.45) is 0 Å². The number of anilines is 1. The summed E-state index contributed by atoms with van der Waals surface area (Å²) in [5, 5.41) is 0.0701. The second kappa shape index (κ2) is 5.28. The normalized spacial score (nSPS) is 18.8. The third kappa shape index (κ3) is 2.57. The van der Waals surface area contributed by atoms with Gasteiger partial charge in [-0.2, -0.15) is 0 Å². The van der Waals surface area contributed by atoms with Crippen molar-refractivity contribution < 1.29 is 9.59 Å². The van der Waals surface area contributed by atoms with Gasteiger partial charge in [-0.15, -0.1) is 6.42 Å². The average molecular weight is 259 g/mol. The molecule has 0 N–H and O–H groups in total. The van der Waals surface area contributed by atoms with E-state index < -0.39 is 0 Å². The van der Waals surface area contributed by atoms with Crippen LogP contribution in [0.1, 0.15) is 18.9 Å². The zero-order chi connectivity index (χ0) is 13.1. The van der Waals surface area contributed by atoms with Crippen LogP contribution in [0.15, 0.2) is 24.3 Å². The lowest BCUT2D eigenvalue weighted by atomic mass is 10.1. The molecular formula is C14H13NO2S. The molecular weight excluding hydrogens is 246 g/mol. The Morgan fingerprint density at radius 1 is 1.50 bits per heavy atom. The minimum Gasteiger partial charge on any atom is -0.310 e. The molecule has 4 heteroatoms. The van der Waals surface area contributed by atoms with Crippen molar-refractivity contribution in [1.29, 1.82) is 0 Å². The fraction of sp³-hybridized carbons (Fsp3) is 0.286. The number of rotatable bonds is 2. The Morgan fingerprint density at radius 2 is 2.22 bits per heavy atom. The molecule has 1 fully saturated rings. The van der Waals surface area contributed by atoms with E-state index in [4.69, 9.17) is 6.42 Å². The van der Waals surface area contributed by atoms with Gasteiger partial charge in [0.05, 0.1) is 5.69 Å². The Morgan fingerprint density at radius 3 is 2.89 bits per heavy atom. The summed E-state index contributed by atoms with van der Waals surface area (Å²) in [5.74, 6) is 2.61. The van der Waals surface area contributed by atoms with Crippen LogP contribution in [-0.4, -0.2) is 22.8 Å². The summed E-state index contributed by atoms with van der Waals surface area (Å²) in [7, 11) is 0. The zero-order valence-corrected chi connectivity index (χ0v) is 10.9. The highest BCUT2D eigenvalue weighted by Crippen LogP contribution is 2.30. The van der Waals surface area contributed by atoms with Crippen LogP contribution in [0, 0.1) is 12.3 Å². The van der Waals surface area contributed by atoms with E-state index in [1.54, 1.807) is 4.90 Å². The highest BCUT2D eigenvalue weighted by molar-refractivity contribution is 8.14. The predicted octanol–water partition coefficient (Wildman–Crippen LogP) is 2.05. The average Bonchev–Trinajstić information content (AvgIpc) is 2.69. The summed E-state index contributed by atoms with van der Waals surface area (Å²) in [4.78, 5) is 24.7. The number of hydrogen-bond acceptors (Lipinski definition) is 3. The van der Waals surface area contributed by atoms with Gasteiger partial charge in [0.15, 0.2) is 5.12 Å². The van der Waals surface area contributed by atoms with Crippen molar-refractivity contribution in [3.63, 3.8) is 0 Å². The van der Waals surface area contributed by atoms with Gasteiger partial charge in [0.1, 0.15) is 0 Å². The molecule has 1 unspecified atom stereocenters. The van der Waals surface area contributed by atoms with Crippen LogP contribution < -0.4 is 4.90 Å². The Hall–Kier alpha value is -1.73. The molecule has 1 aromatic carbocycles. The van der Waals surface area contributed by atoms with E-state index in [0.29, 0.717) is 18.5 Å². The van der Waals surface area contributed by atoms with Gasteiger partial charge < -0.3 is 4.90 Å². The molecule has 2 rings (SSSR count). The first kappa shape index (κ1) is 12.7. The van der Waals surface area contributed by atoms with Crippen molar-refractivity contribution in [1.82, 2.24) is 0 Å². The molecule has 1 saturated heterocycles. The molecule has 1 amide bonds. The molecule has 18 heavy (non-hydrogen) atoms. The van der Waals surface area contributed by atoms with Crippen LogP contribution in [0.2, 0.25) is 0 Å². The van der Waals surface area contributed by atoms with Gasteiger partial charge in [-0.05, 0) is 12.1 Å². The largest absolute Gasteiger partial charge is 0.310 e. The minimum atomic E-state index is 0.0245. The van der Waals surface area contributed by atoms with Crippen molar-refractivity contribution in [3.05, 3.63) is 29.8 Å². The summed E-state index contributed by atoms with van der Waals surface area (Å²) < 4.78 is 0. The van der Waals surface area contributed by atoms with Crippen molar-refractivity contribution in [3.8, 4) is 12.3 Å². The van der Waals surface area contributed by atoms with Crippen molar-refractivity contribution >= 4 is 28.5 Å². The zero-order valence-electron chi connectivity index (χ0n) is 10.1. The minimum absolute atomic E-state index is 0.0245. The summed E-state index contributed by atoms with van der Waals surface area (Å²) in [6.45, 7) is 2.06. The quantitative estimate of drug-likeness (QED) is 0.763. The first-order chi connectivity index (χ1) is 8.61. The molecule has 0 aromatic heterocycles. The smallest absolute Gasteiger partial charge is 0.228 e. The van der Waals surface area contributed by atoms with Gasteiger partial charge in [-0.25, -0.2) is 0 Å². The fourth-order valence-corrected chi connectivity index (χ4v) is 2.97. The summed E-state index contributed by atoms with van der Waals surface area (Å²) >= 11 is 1.22. The molecule has 92 valence electrons. The Kier molecular flexibility index (Phi) is 3.73. The molecule has 0 saturated carbocycles. The van der Waals surface area contributed by atoms with Crippen LogP contribution in [0.4, 0.5) is 5.69 Å². The Labute approximate surface area is 111 Å². The second-order valence-corrected chi connectivity index (χ2v) is 5.58. The topological polar surface area (TPSA) is 37.4 Å². The van der Waals surface area contributed by atoms with Crippen LogP contribution in [-0.2, 0) is 9.59 Å². The van der Waals surface area contributed by atoms with Crippen molar-refractivity contribution in [2.45, 2.75) is 18.6 Å². The highest BCUT2D eigenvalue weighted by Gasteiger charge is 2.32. The maximum absolute atomic E-state index is 12.0. The predicted molar refractivity (Wildman–Crippen MR) is 73.4 cm³/mol. The number of terminal acetylenes is 1. The summed E-state index contributed by atoms with van der Waals surface area (Å²) in [5.41, 5.74) is 1.47. The van der Waals surface area contributed by atoms with E-state index in [1.807, 2.05) is 24.3 Å². The summed E-state index contributed by atoms with van der Waals surface area (Å²) in [6, 6.07) is 7.36. The lowest BCUT2D eigenvalue weighted by Gasteiger charge is -2.18. The van der Waals surface area contributed by atoms with E-state index in [-0.39, 0.29) is 16.3 Å². The monoisotopic (exact) mass is 259 g/mol. The van der Waals surface area contributed by atoms with Gasteiger partial charge in [0, 0.05) is 30.7 Å². The maximum Gasteiger partial charge on any atom is 0.228 e. The third-order valence-electron chi connectivity index (χ3n) is 2.77. The number of nitrogens with zero attached hydrogens (tertiary/aromatic N) is 1. The molecule has 1 aliphatic heterocycles. The van der Waals surface area contributed by atoms with Crippen LogP contribution in [0.3, 0.4) is 0 Å². The van der Waals surface area contributed by atoms with Gasteiger partial charge in [0.2, 0.25) is 5.91 Å². The molecule has 3 nitrogen and oxygen atoms in total. The van der Waals surface area contributed by atoms with Crippen LogP contribution >= 0.6 is 11.8 Å². The van der Waals surface area contributed by atoms with E-state index in [9.17, 15) is 9.59 Å². The van der Waals surface area contributed by atoms with Crippen molar-refractivity contribution in [2.75, 3.05) is 11.4 Å². The van der Waals surface area contributed by atoms with Crippen LogP contribution in [0.5, 0.6) is 0 Å². The Bertz CT molecular complexity index is 533. The molecule has 0 radical (unpaired) electrons. The third-order valence-corrected chi connectivity index (χ3v) is 3.75. The van der Waals surface area contributed by atoms with Gasteiger partial charge in [-0.1, -0.05) is 29.8 Å². The molecule has 1 aliphatic rings. The first-order valence-corrected chi connectivity index (χ1v) is 6.53. The number of carbonyl (C=O) groups is 2. The highest BCUT2D eigenvalue weighted by atomic mass is 32.2. The number of para-hydroxylation sites is 1. The standard InChI is InChI=1S/C14H13NO2S/c1-3-11-6-4-5-7-13(11)15-9-12(8-14(15)17)18-10(2)16/h1,4-7,12H,8-9H2,2H3. The molecule has 1 heterocycles. The molecule has 0 aliphatic carbocycles. The number of benzene rings is 1. The van der Waals surface area contributed by atoms with E-state index >= 15 is 0 Å². The summed E-state index contributed by atoms with van der Waals surface area (Å²) in [6.07, 6.45) is 5.82. The molecule has 0 bridgehead atoms. The fourth-order valence-electron chi connectivity index (χ4n) is 2.05. The lowest BCUT2D eigenvalue weighted by Crippen LogP contribution is -2.25. The number of thioether (sulfide) groups is 1. The van der Waals surface area contributed by atoms with Gasteiger partial charge >= 0.3 is 0 Å².